The van der Waals surface area contributed by atoms with Crippen LogP contribution in [0.5, 0.6) is 0 Å². The Kier molecular flexibility index (Phi) is 2.47. The first-order chi connectivity index (χ1) is 5.66. The first-order valence-corrected chi connectivity index (χ1v) is 3.64. The van der Waals surface area contributed by atoms with E-state index >= 15 is 0 Å². The van der Waals surface area contributed by atoms with Gasteiger partial charge in [0.05, 0.1) is 6.61 Å². The van der Waals surface area contributed by atoms with Crippen molar-refractivity contribution < 1.29 is 13.9 Å². The molecule has 0 saturated carbocycles. The molecular weight excluding hydrogens is 161 g/mol. The Bertz CT molecular complexity index is 274. The fourth-order valence-electron chi connectivity index (χ4n) is 0.940. The first kappa shape index (κ1) is 8.77. The second-order valence-electron chi connectivity index (χ2n) is 2.34. The van der Waals surface area contributed by atoms with E-state index in [1.807, 2.05) is 0 Å². The lowest BCUT2D eigenvalue weighted by atomic mass is 10.4. The number of hydrogen-bond acceptors (Lipinski definition) is 2. The van der Waals surface area contributed by atoms with Crippen molar-refractivity contribution in [3.05, 3.63) is 23.8 Å². The van der Waals surface area contributed by atoms with Crippen LogP contribution in [0, 0.1) is 5.82 Å². The molecule has 4 heteroatoms. The predicted molar refractivity (Wildman–Crippen MR) is 41.3 cm³/mol. The van der Waals surface area contributed by atoms with Gasteiger partial charge in [-0.1, -0.05) is 0 Å². The number of aromatic nitrogens is 1. The summed E-state index contributed by atoms with van der Waals surface area (Å²) < 4.78 is 18.9. The Morgan fingerprint density at radius 1 is 1.75 bits per heavy atom. The van der Waals surface area contributed by atoms with Gasteiger partial charge in [-0.25, -0.2) is 9.18 Å². The molecule has 0 bridgehead atoms. The van der Waals surface area contributed by atoms with E-state index in [1.165, 1.54) is 16.8 Å². The topological polar surface area (TPSA) is 31.2 Å². The van der Waals surface area contributed by atoms with Gasteiger partial charge in [-0.05, 0) is 13.0 Å². The van der Waals surface area contributed by atoms with Crippen molar-refractivity contribution in [2.45, 2.75) is 6.92 Å². The lowest BCUT2D eigenvalue weighted by Crippen LogP contribution is -2.11. The zero-order valence-electron chi connectivity index (χ0n) is 7.00. The number of ether oxygens (including phenoxy) is 1. The number of aryl methyl sites for hydroxylation is 1. The summed E-state index contributed by atoms with van der Waals surface area (Å²) in [6.45, 7) is 1.93. The van der Waals surface area contributed by atoms with E-state index in [0.29, 0.717) is 0 Å². The summed E-state index contributed by atoms with van der Waals surface area (Å²) in [5.74, 6) is -1.17. The van der Waals surface area contributed by atoms with Crippen molar-refractivity contribution in [1.29, 1.82) is 0 Å². The number of rotatable bonds is 2. The fourth-order valence-corrected chi connectivity index (χ4v) is 0.940. The van der Waals surface area contributed by atoms with Crippen LogP contribution in [0.4, 0.5) is 4.39 Å². The minimum Gasteiger partial charge on any atom is -0.461 e. The van der Waals surface area contributed by atoms with Gasteiger partial charge < -0.3 is 9.30 Å². The molecule has 0 radical (unpaired) electrons. The van der Waals surface area contributed by atoms with Gasteiger partial charge >= 0.3 is 5.97 Å². The van der Waals surface area contributed by atoms with Crippen molar-refractivity contribution in [2.24, 2.45) is 7.05 Å². The molecule has 0 aliphatic carbocycles. The molecule has 0 fully saturated rings. The zero-order valence-corrected chi connectivity index (χ0v) is 7.00. The van der Waals surface area contributed by atoms with Crippen LogP contribution in [0.3, 0.4) is 0 Å². The Morgan fingerprint density at radius 2 is 2.42 bits per heavy atom. The molecule has 0 saturated heterocycles. The highest BCUT2D eigenvalue weighted by atomic mass is 19.1. The molecule has 3 nitrogen and oxygen atoms in total. The monoisotopic (exact) mass is 171 g/mol. The second-order valence-corrected chi connectivity index (χ2v) is 2.34. The van der Waals surface area contributed by atoms with E-state index in [9.17, 15) is 9.18 Å². The van der Waals surface area contributed by atoms with Crippen LogP contribution >= 0.6 is 0 Å². The molecule has 0 N–H and O–H groups in total. The standard InChI is InChI=1S/C8H10FNO2/c1-3-12-8(11)7-6(9)4-5-10(7)2/h4-5H,3H2,1-2H3. The molecule has 1 rings (SSSR count). The van der Waals surface area contributed by atoms with Gasteiger partial charge in [-0.2, -0.15) is 0 Å². The molecule has 0 amide bonds. The van der Waals surface area contributed by atoms with Crippen molar-refractivity contribution in [3.8, 4) is 0 Å². The van der Waals surface area contributed by atoms with Crippen LogP contribution in [-0.2, 0) is 11.8 Å². The molecule has 1 aromatic rings. The average Bonchev–Trinajstić information content (AvgIpc) is 2.32. The summed E-state index contributed by atoms with van der Waals surface area (Å²) in [6, 6.07) is 1.23. The number of hydrogen-bond donors (Lipinski definition) is 0. The minimum absolute atomic E-state index is 0.0307. The minimum atomic E-state index is -0.623. The molecule has 0 aliphatic heterocycles. The third-order valence-electron chi connectivity index (χ3n) is 1.49. The zero-order chi connectivity index (χ0) is 9.14. The molecule has 1 aromatic heterocycles. The second kappa shape index (κ2) is 3.38. The summed E-state index contributed by atoms with van der Waals surface area (Å²) in [7, 11) is 1.59. The van der Waals surface area contributed by atoms with Crippen LogP contribution in [-0.4, -0.2) is 17.1 Å². The van der Waals surface area contributed by atoms with Gasteiger partial charge in [0.1, 0.15) is 0 Å². The van der Waals surface area contributed by atoms with Gasteiger partial charge in [-0.3, -0.25) is 0 Å². The lowest BCUT2D eigenvalue weighted by Gasteiger charge is -2.02. The van der Waals surface area contributed by atoms with Crippen LogP contribution in [0.25, 0.3) is 0 Å². The molecule has 66 valence electrons. The van der Waals surface area contributed by atoms with E-state index in [-0.39, 0.29) is 12.3 Å². The van der Waals surface area contributed by atoms with Gasteiger partial charge in [-0.15, -0.1) is 0 Å². The normalized spacial score (nSPS) is 9.92. The molecule has 12 heavy (non-hydrogen) atoms. The van der Waals surface area contributed by atoms with Crippen molar-refractivity contribution in [2.75, 3.05) is 6.61 Å². The summed E-state index contributed by atoms with van der Waals surface area (Å²) in [5.41, 5.74) is -0.0307. The van der Waals surface area contributed by atoms with Gasteiger partial charge in [0.15, 0.2) is 11.5 Å². The molecular formula is C8H10FNO2. The van der Waals surface area contributed by atoms with E-state index in [0.717, 1.165) is 0 Å². The lowest BCUT2D eigenvalue weighted by molar-refractivity contribution is 0.0509. The van der Waals surface area contributed by atoms with Crippen LogP contribution in [0.15, 0.2) is 12.3 Å². The van der Waals surface area contributed by atoms with Crippen molar-refractivity contribution in [3.63, 3.8) is 0 Å². The molecule has 0 atom stereocenters. The first-order valence-electron chi connectivity index (χ1n) is 3.64. The van der Waals surface area contributed by atoms with E-state index in [2.05, 4.69) is 4.74 Å². The smallest absolute Gasteiger partial charge is 0.358 e. The van der Waals surface area contributed by atoms with E-state index in [1.54, 1.807) is 14.0 Å². The van der Waals surface area contributed by atoms with E-state index in [4.69, 9.17) is 0 Å². The Hall–Kier alpha value is -1.32. The molecule has 1 heterocycles. The number of carbonyl (C=O) groups is 1. The number of esters is 1. The van der Waals surface area contributed by atoms with Crippen molar-refractivity contribution >= 4 is 5.97 Å². The third kappa shape index (κ3) is 1.47. The van der Waals surface area contributed by atoms with Crippen LogP contribution in [0.1, 0.15) is 17.4 Å². The highest BCUT2D eigenvalue weighted by Crippen LogP contribution is 2.08. The van der Waals surface area contributed by atoms with E-state index < -0.39 is 11.8 Å². The largest absolute Gasteiger partial charge is 0.461 e. The number of nitrogens with zero attached hydrogens (tertiary/aromatic N) is 1. The number of halogens is 1. The molecule has 0 aromatic carbocycles. The summed E-state index contributed by atoms with van der Waals surface area (Å²) >= 11 is 0. The van der Waals surface area contributed by atoms with Gasteiger partial charge in [0.25, 0.3) is 0 Å². The Balaban J connectivity index is 2.93. The molecule has 0 unspecified atom stereocenters. The molecule has 0 aliphatic rings. The predicted octanol–water partition coefficient (Wildman–Crippen LogP) is 1.34. The maximum absolute atomic E-state index is 12.9. The average molecular weight is 171 g/mol. The highest BCUT2D eigenvalue weighted by molar-refractivity contribution is 5.88. The maximum Gasteiger partial charge on any atom is 0.358 e. The number of carbonyl (C=O) groups excluding carboxylic acids is 1. The molecule has 0 spiro atoms. The Labute approximate surface area is 69.8 Å². The quantitative estimate of drug-likeness (QED) is 0.629. The maximum atomic E-state index is 12.9. The van der Waals surface area contributed by atoms with Gasteiger partial charge in [0.2, 0.25) is 0 Å². The van der Waals surface area contributed by atoms with Crippen LogP contribution < -0.4 is 0 Å². The van der Waals surface area contributed by atoms with Crippen LogP contribution in [0.2, 0.25) is 0 Å². The third-order valence-corrected chi connectivity index (χ3v) is 1.49. The Morgan fingerprint density at radius 3 is 2.83 bits per heavy atom. The fraction of sp³-hybridized carbons (Fsp3) is 0.375. The summed E-state index contributed by atoms with van der Waals surface area (Å²) in [5, 5.41) is 0. The summed E-state index contributed by atoms with van der Waals surface area (Å²) in [4.78, 5) is 11.1. The highest BCUT2D eigenvalue weighted by Gasteiger charge is 2.15. The SMILES string of the molecule is CCOC(=O)c1c(F)ccn1C. The van der Waals surface area contributed by atoms with Gasteiger partial charge in [0, 0.05) is 13.2 Å². The van der Waals surface area contributed by atoms with Crippen molar-refractivity contribution in [1.82, 2.24) is 4.57 Å². The summed E-state index contributed by atoms with van der Waals surface area (Å²) in [6.07, 6.45) is 1.47.